The summed E-state index contributed by atoms with van der Waals surface area (Å²) in [4.78, 5) is 24.2. The van der Waals surface area contributed by atoms with Gasteiger partial charge in [0.2, 0.25) is 0 Å². The fourth-order valence-corrected chi connectivity index (χ4v) is 2.80. The van der Waals surface area contributed by atoms with Crippen LogP contribution in [0.5, 0.6) is 0 Å². The van der Waals surface area contributed by atoms with E-state index in [0.717, 1.165) is 0 Å². The minimum Gasteiger partial charge on any atom is -0.462 e. The summed E-state index contributed by atoms with van der Waals surface area (Å²) in [6.07, 6.45) is -2.96. The van der Waals surface area contributed by atoms with Gasteiger partial charge < -0.3 is 19.7 Å². The molecule has 1 unspecified atom stereocenters. The van der Waals surface area contributed by atoms with E-state index in [-0.39, 0.29) is 11.1 Å². The summed E-state index contributed by atoms with van der Waals surface area (Å²) >= 11 is 0. The number of hydrogen-bond acceptors (Lipinski definition) is 9. The molecule has 0 radical (unpaired) electrons. The van der Waals surface area contributed by atoms with E-state index in [1.54, 1.807) is 24.3 Å². The molecule has 0 aromatic heterocycles. The number of carbonyl (C=O) groups excluding carboxylic acids is 2. The highest BCUT2D eigenvalue weighted by atomic mass is 32.2. The molecule has 2 N–H and O–H groups in total. The fourth-order valence-electron chi connectivity index (χ4n) is 2.36. The van der Waals surface area contributed by atoms with Gasteiger partial charge in [0, 0.05) is 6.42 Å². The molecule has 12 heteroatoms. The van der Waals surface area contributed by atoms with Crippen LogP contribution in [-0.2, 0) is 23.8 Å². The molecule has 0 saturated heterocycles. The molecule has 0 bridgehead atoms. The number of benzene rings is 2. The van der Waals surface area contributed by atoms with E-state index in [1.165, 1.54) is 36.4 Å². The van der Waals surface area contributed by atoms with Gasteiger partial charge in [0.15, 0.2) is 6.10 Å². The van der Waals surface area contributed by atoms with E-state index in [1.807, 2.05) is 0 Å². The van der Waals surface area contributed by atoms with Crippen LogP contribution >= 0.6 is 0 Å². The molecule has 0 saturated carbocycles. The molecule has 0 aliphatic carbocycles. The third-order valence-corrected chi connectivity index (χ3v) is 4.99. The van der Waals surface area contributed by atoms with Gasteiger partial charge in [-0.1, -0.05) is 36.4 Å². The predicted octanol–water partition coefficient (Wildman–Crippen LogP) is 1.71. The summed E-state index contributed by atoms with van der Waals surface area (Å²) in [7, 11) is -5.11. The summed E-state index contributed by atoms with van der Waals surface area (Å²) in [5.41, 5.74) is -2.91. The van der Waals surface area contributed by atoms with E-state index in [0.29, 0.717) is 0 Å². The van der Waals surface area contributed by atoms with Gasteiger partial charge in [0.25, 0.3) is 5.62 Å². The molecule has 32 heavy (non-hydrogen) atoms. The number of rotatable bonds is 11. The van der Waals surface area contributed by atoms with Crippen molar-refractivity contribution in [2.45, 2.75) is 24.1 Å². The number of aliphatic hydroxyl groups is 2. The van der Waals surface area contributed by atoms with Crippen molar-refractivity contribution in [2.75, 3.05) is 13.2 Å². The van der Waals surface area contributed by atoms with Crippen LogP contribution in [0.2, 0.25) is 0 Å². The molecule has 1 atom stereocenters. The maximum atomic E-state index is 14.6. The molecule has 9 nitrogen and oxygen atoms in total. The Morgan fingerprint density at radius 1 is 0.906 bits per heavy atom. The Hall–Kier alpha value is -2.93. The molecule has 0 heterocycles. The molecule has 0 amide bonds. The number of esters is 2. The monoisotopic (exact) mass is 474 g/mol. The Labute approximate surface area is 182 Å². The Morgan fingerprint density at radius 3 is 1.91 bits per heavy atom. The predicted molar refractivity (Wildman–Crippen MR) is 105 cm³/mol. The van der Waals surface area contributed by atoms with Crippen LogP contribution < -0.4 is 0 Å². The summed E-state index contributed by atoms with van der Waals surface area (Å²) < 4.78 is 65.5. The number of carbonyl (C=O) groups is 2. The summed E-state index contributed by atoms with van der Waals surface area (Å²) in [5, 5.41) is 17.4. The molecular formula is C20H20F2O9S. The van der Waals surface area contributed by atoms with Gasteiger partial charge >= 0.3 is 28.0 Å². The highest BCUT2D eigenvalue weighted by Crippen LogP contribution is 2.27. The lowest BCUT2D eigenvalue weighted by Crippen LogP contribution is -2.43. The van der Waals surface area contributed by atoms with Crippen molar-refractivity contribution in [2.24, 2.45) is 0 Å². The molecule has 0 aliphatic heterocycles. The van der Waals surface area contributed by atoms with Gasteiger partial charge in [0.05, 0.1) is 17.7 Å². The smallest absolute Gasteiger partial charge is 0.338 e. The molecule has 174 valence electrons. The third kappa shape index (κ3) is 7.34. The van der Waals surface area contributed by atoms with Crippen molar-refractivity contribution in [3.05, 3.63) is 71.8 Å². The number of alkyl halides is 2. The van der Waals surface area contributed by atoms with Crippen molar-refractivity contribution in [1.82, 2.24) is 0 Å². The Kier molecular flexibility index (Phi) is 8.78. The van der Waals surface area contributed by atoms with Crippen molar-refractivity contribution in [3.63, 3.8) is 0 Å². The molecule has 2 aromatic rings. The lowest BCUT2D eigenvalue weighted by atomic mass is 10.1. The third-order valence-electron chi connectivity index (χ3n) is 4.03. The first-order chi connectivity index (χ1) is 15.0. The molecule has 0 aliphatic rings. The fraction of sp³-hybridized carbons (Fsp3) is 0.300. The van der Waals surface area contributed by atoms with Crippen LogP contribution in [0.3, 0.4) is 0 Å². The van der Waals surface area contributed by atoms with Crippen molar-refractivity contribution in [1.29, 1.82) is 0 Å². The van der Waals surface area contributed by atoms with Crippen LogP contribution in [0.1, 0.15) is 27.1 Å². The first kappa shape index (κ1) is 25.3. The standard InChI is InChI=1S/C20H20F2O9S/c21-20(22,13-30-32(27,28)19(25)26)16(31-18(24)15-9-5-2-6-10-15)11-12-29-17(23)14-7-3-1-4-8-14/h1-10,16,19,25-26H,11-13H2. The SMILES string of the molecule is O=C(OCCC(OC(=O)c1ccccc1)C(F)(F)COS(=O)(=O)C(O)O)c1ccccc1. The zero-order valence-electron chi connectivity index (χ0n) is 16.5. The quantitative estimate of drug-likeness (QED) is 0.283. The molecular weight excluding hydrogens is 454 g/mol. The van der Waals surface area contributed by atoms with E-state index in [4.69, 9.17) is 19.7 Å². The van der Waals surface area contributed by atoms with Crippen LogP contribution in [0.15, 0.2) is 60.7 Å². The van der Waals surface area contributed by atoms with Gasteiger partial charge in [-0.2, -0.15) is 17.2 Å². The number of aliphatic hydroxyl groups excluding tert-OH is 1. The Morgan fingerprint density at radius 2 is 1.41 bits per heavy atom. The average Bonchev–Trinajstić information content (AvgIpc) is 2.78. The van der Waals surface area contributed by atoms with Crippen LogP contribution in [0.25, 0.3) is 0 Å². The van der Waals surface area contributed by atoms with Gasteiger partial charge in [-0.15, -0.1) is 0 Å². The van der Waals surface area contributed by atoms with Crippen molar-refractivity contribution in [3.8, 4) is 0 Å². The van der Waals surface area contributed by atoms with Crippen LogP contribution in [0.4, 0.5) is 8.78 Å². The first-order valence-electron chi connectivity index (χ1n) is 9.13. The summed E-state index contributed by atoms with van der Waals surface area (Å²) in [6.45, 7) is -2.43. The van der Waals surface area contributed by atoms with Gasteiger partial charge in [-0.05, 0) is 24.3 Å². The van der Waals surface area contributed by atoms with Crippen LogP contribution in [-0.4, -0.2) is 61.4 Å². The lowest BCUT2D eigenvalue weighted by molar-refractivity contribution is -0.140. The van der Waals surface area contributed by atoms with Gasteiger partial charge in [0.1, 0.15) is 6.61 Å². The second-order valence-electron chi connectivity index (χ2n) is 6.39. The summed E-state index contributed by atoms with van der Waals surface area (Å²) in [5.74, 6) is -6.02. The normalized spacial score (nSPS) is 12.9. The zero-order chi connectivity index (χ0) is 23.8. The highest BCUT2D eigenvalue weighted by Gasteiger charge is 2.45. The Bertz CT molecular complexity index is 996. The van der Waals surface area contributed by atoms with Gasteiger partial charge in [-0.25, -0.2) is 9.59 Å². The van der Waals surface area contributed by atoms with Crippen molar-refractivity contribution < 1.29 is 50.7 Å². The van der Waals surface area contributed by atoms with E-state index in [2.05, 4.69) is 4.18 Å². The topological polar surface area (TPSA) is 136 Å². The van der Waals surface area contributed by atoms with Crippen molar-refractivity contribution >= 4 is 22.1 Å². The second-order valence-corrected chi connectivity index (χ2v) is 8.04. The minimum atomic E-state index is -5.11. The molecule has 0 fully saturated rings. The number of hydrogen-bond donors (Lipinski definition) is 2. The molecule has 0 spiro atoms. The highest BCUT2D eigenvalue weighted by molar-refractivity contribution is 7.86. The maximum Gasteiger partial charge on any atom is 0.338 e. The van der Waals surface area contributed by atoms with Gasteiger partial charge in [-0.3, -0.25) is 4.18 Å². The average molecular weight is 474 g/mol. The zero-order valence-corrected chi connectivity index (χ0v) is 17.3. The Balaban J connectivity index is 2.10. The lowest BCUT2D eigenvalue weighted by Gasteiger charge is -2.26. The molecule has 2 aromatic carbocycles. The maximum absolute atomic E-state index is 14.6. The number of ether oxygens (including phenoxy) is 2. The molecule has 2 rings (SSSR count). The van der Waals surface area contributed by atoms with Crippen LogP contribution in [0, 0.1) is 0 Å². The van der Waals surface area contributed by atoms with E-state index in [9.17, 15) is 26.8 Å². The minimum absolute atomic E-state index is 0.0473. The van der Waals surface area contributed by atoms with E-state index >= 15 is 0 Å². The first-order valence-corrected chi connectivity index (χ1v) is 10.6. The largest absolute Gasteiger partial charge is 0.462 e. The summed E-state index contributed by atoms with van der Waals surface area (Å²) in [6, 6.07) is 14.9. The second kappa shape index (κ2) is 11.1. The van der Waals surface area contributed by atoms with E-state index < -0.39 is 59.3 Å². The number of halogens is 2.